The summed E-state index contributed by atoms with van der Waals surface area (Å²) in [6, 6.07) is 7.11. The van der Waals surface area contributed by atoms with Crippen molar-refractivity contribution in [1.82, 2.24) is 5.32 Å². The summed E-state index contributed by atoms with van der Waals surface area (Å²) in [4.78, 5) is 23.3. The van der Waals surface area contributed by atoms with Crippen molar-refractivity contribution < 1.29 is 9.59 Å². The molecule has 1 saturated carbocycles. The number of Topliss-reactive ketones (excluding diaryl/α,β-unsaturated/α-hetero) is 1. The quantitative estimate of drug-likeness (QED) is 0.651. The third-order valence-corrected chi connectivity index (χ3v) is 3.72. The Bertz CT molecular complexity index is 477. The summed E-state index contributed by atoms with van der Waals surface area (Å²) >= 11 is 0. The van der Waals surface area contributed by atoms with Gasteiger partial charge < -0.3 is 10.6 Å². The fourth-order valence-electron chi connectivity index (χ4n) is 2.59. The molecule has 0 heterocycles. The second-order valence-electron chi connectivity index (χ2n) is 5.42. The van der Waals surface area contributed by atoms with Crippen molar-refractivity contribution in [3.63, 3.8) is 0 Å². The fraction of sp³-hybridized carbons (Fsp3) is 0.500. The molecule has 0 aromatic heterocycles. The maximum Gasteiger partial charge on any atom is 0.319 e. The maximum absolute atomic E-state index is 12.0. The second-order valence-corrected chi connectivity index (χ2v) is 5.42. The van der Waals surface area contributed by atoms with E-state index in [-0.39, 0.29) is 17.9 Å². The number of urea groups is 1. The normalized spacial score (nSPS) is 16.2. The van der Waals surface area contributed by atoms with Crippen molar-refractivity contribution in [3.8, 4) is 0 Å². The summed E-state index contributed by atoms with van der Waals surface area (Å²) in [5.74, 6) is -0.00201. The first-order valence-electron chi connectivity index (χ1n) is 7.33. The zero-order chi connectivity index (χ0) is 14.4. The van der Waals surface area contributed by atoms with Crippen LogP contribution in [0.15, 0.2) is 24.3 Å². The predicted octanol–water partition coefficient (Wildman–Crippen LogP) is 3.73. The van der Waals surface area contributed by atoms with Crippen LogP contribution in [0.25, 0.3) is 0 Å². The summed E-state index contributed by atoms with van der Waals surface area (Å²) in [6.07, 6.45) is 7.01. The highest BCUT2D eigenvalue weighted by Crippen LogP contribution is 2.17. The highest BCUT2D eigenvalue weighted by atomic mass is 16.2. The molecule has 0 aliphatic heterocycles. The van der Waals surface area contributed by atoms with Crippen LogP contribution in [0.1, 0.15) is 55.8 Å². The van der Waals surface area contributed by atoms with Crippen molar-refractivity contribution in [2.45, 2.75) is 51.5 Å². The highest BCUT2D eigenvalue weighted by Gasteiger charge is 2.14. The first-order chi connectivity index (χ1) is 9.65. The van der Waals surface area contributed by atoms with Gasteiger partial charge in [0.05, 0.1) is 0 Å². The highest BCUT2D eigenvalue weighted by molar-refractivity contribution is 5.96. The van der Waals surface area contributed by atoms with Crippen molar-refractivity contribution in [3.05, 3.63) is 29.8 Å². The summed E-state index contributed by atoms with van der Waals surface area (Å²) in [6.45, 7) is 1.52. The Morgan fingerprint density at radius 1 is 1.10 bits per heavy atom. The molecule has 0 bridgehead atoms. The first kappa shape index (κ1) is 14.6. The molecule has 4 heteroatoms. The molecule has 4 nitrogen and oxygen atoms in total. The SMILES string of the molecule is CC(=O)c1cccc(NC(=O)NC2CCCCCC2)c1. The molecule has 1 fully saturated rings. The van der Waals surface area contributed by atoms with Crippen LogP contribution in [0.2, 0.25) is 0 Å². The average molecular weight is 274 g/mol. The van der Waals surface area contributed by atoms with Crippen molar-refractivity contribution in [2.75, 3.05) is 5.32 Å². The maximum atomic E-state index is 12.0. The number of carbonyl (C=O) groups excluding carboxylic acids is 2. The molecule has 2 N–H and O–H groups in total. The molecule has 1 aliphatic carbocycles. The van der Waals surface area contributed by atoms with Crippen LogP contribution in [0.5, 0.6) is 0 Å². The monoisotopic (exact) mass is 274 g/mol. The third kappa shape index (κ3) is 4.37. The molecule has 0 radical (unpaired) electrons. The molecule has 1 aromatic rings. The first-order valence-corrected chi connectivity index (χ1v) is 7.33. The fourth-order valence-corrected chi connectivity index (χ4v) is 2.59. The van der Waals surface area contributed by atoms with Gasteiger partial charge in [0.2, 0.25) is 0 Å². The van der Waals surface area contributed by atoms with Gasteiger partial charge in [0.15, 0.2) is 5.78 Å². The minimum Gasteiger partial charge on any atom is -0.335 e. The van der Waals surface area contributed by atoms with Crippen LogP contribution >= 0.6 is 0 Å². The van der Waals surface area contributed by atoms with Gasteiger partial charge in [-0.15, -0.1) is 0 Å². The topological polar surface area (TPSA) is 58.2 Å². The number of ketones is 1. The number of anilines is 1. The lowest BCUT2D eigenvalue weighted by atomic mass is 10.1. The summed E-state index contributed by atoms with van der Waals surface area (Å²) in [5, 5.41) is 5.82. The van der Waals surface area contributed by atoms with Crippen LogP contribution in [-0.4, -0.2) is 17.9 Å². The molecule has 1 aromatic carbocycles. The van der Waals surface area contributed by atoms with Gasteiger partial charge in [0.1, 0.15) is 0 Å². The zero-order valence-electron chi connectivity index (χ0n) is 11.9. The lowest BCUT2D eigenvalue weighted by Crippen LogP contribution is -2.37. The number of hydrogen-bond acceptors (Lipinski definition) is 2. The molecule has 0 spiro atoms. The van der Waals surface area contributed by atoms with Crippen LogP contribution in [0.4, 0.5) is 10.5 Å². The van der Waals surface area contributed by atoms with Crippen LogP contribution in [0.3, 0.4) is 0 Å². The van der Waals surface area contributed by atoms with Gasteiger partial charge in [0.25, 0.3) is 0 Å². The molecule has 2 amide bonds. The van der Waals surface area contributed by atoms with Crippen LogP contribution in [0, 0.1) is 0 Å². The van der Waals surface area contributed by atoms with E-state index in [4.69, 9.17) is 0 Å². The molecular weight excluding hydrogens is 252 g/mol. The van der Waals surface area contributed by atoms with Gasteiger partial charge in [-0.3, -0.25) is 4.79 Å². The number of hydrogen-bond donors (Lipinski definition) is 2. The molecule has 0 atom stereocenters. The number of amides is 2. The van der Waals surface area contributed by atoms with E-state index in [0.717, 1.165) is 12.8 Å². The van der Waals surface area contributed by atoms with Gasteiger partial charge in [-0.1, -0.05) is 37.8 Å². The molecular formula is C16H22N2O2. The Balaban J connectivity index is 1.90. The zero-order valence-corrected chi connectivity index (χ0v) is 11.9. The average Bonchev–Trinajstić information content (AvgIpc) is 2.67. The van der Waals surface area contributed by atoms with Crippen molar-refractivity contribution in [2.24, 2.45) is 0 Å². The Hall–Kier alpha value is -1.84. The van der Waals surface area contributed by atoms with E-state index in [2.05, 4.69) is 10.6 Å². The van der Waals surface area contributed by atoms with Crippen LogP contribution in [-0.2, 0) is 0 Å². The largest absolute Gasteiger partial charge is 0.335 e. The molecule has 20 heavy (non-hydrogen) atoms. The van der Waals surface area contributed by atoms with E-state index in [1.165, 1.54) is 32.6 Å². The van der Waals surface area contributed by atoms with Crippen molar-refractivity contribution in [1.29, 1.82) is 0 Å². The predicted molar refractivity (Wildman–Crippen MR) is 80.1 cm³/mol. The summed E-state index contributed by atoms with van der Waals surface area (Å²) < 4.78 is 0. The van der Waals surface area contributed by atoms with E-state index >= 15 is 0 Å². The summed E-state index contributed by atoms with van der Waals surface area (Å²) in [7, 11) is 0. The smallest absolute Gasteiger partial charge is 0.319 e. The van der Waals surface area contributed by atoms with Gasteiger partial charge in [-0.2, -0.15) is 0 Å². The molecule has 0 saturated heterocycles. The van der Waals surface area contributed by atoms with E-state index in [0.29, 0.717) is 11.3 Å². The van der Waals surface area contributed by atoms with E-state index < -0.39 is 0 Å². The van der Waals surface area contributed by atoms with E-state index in [9.17, 15) is 9.59 Å². The number of nitrogens with one attached hydrogen (secondary N) is 2. The second kappa shape index (κ2) is 7.08. The van der Waals surface area contributed by atoms with Gasteiger partial charge in [0, 0.05) is 17.3 Å². The minimum absolute atomic E-state index is 0.00201. The number of benzene rings is 1. The Labute approximate surface area is 119 Å². The molecule has 108 valence electrons. The Morgan fingerprint density at radius 2 is 1.80 bits per heavy atom. The Morgan fingerprint density at radius 3 is 2.45 bits per heavy atom. The van der Waals surface area contributed by atoms with E-state index in [1.807, 2.05) is 0 Å². The molecule has 0 unspecified atom stereocenters. The number of rotatable bonds is 3. The minimum atomic E-state index is -0.183. The van der Waals surface area contributed by atoms with Gasteiger partial charge in [-0.25, -0.2) is 4.79 Å². The van der Waals surface area contributed by atoms with Gasteiger partial charge in [-0.05, 0) is 31.9 Å². The molecule has 1 aliphatic rings. The van der Waals surface area contributed by atoms with Crippen LogP contribution < -0.4 is 10.6 Å². The lowest BCUT2D eigenvalue weighted by Gasteiger charge is -2.16. The summed E-state index contributed by atoms with van der Waals surface area (Å²) in [5.41, 5.74) is 1.26. The molecule has 2 rings (SSSR count). The third-order valence-electron chi connectivity index (χ3n) is 3.72. The Kier molecular flexibility index (Phi) is 5.16. The lowest BCUT2D eigenvalue weighted by molar-refractivity contribution is 0.101. The van der Waals surface area contributed by atoms with Gasteiger partial charge >= 0.3 is 6.03 Å². The standard InChI is InChI=1S/C16H22N2O2/c1-12(19)13-7-6-10-15(11-13)18-16(20)17-14-8-4-2-3-5-9-14/h6-7,10-11,14H,2-5,8-9H2,1H3,(H2,17,18,20). The number of carbonyl (C=O) groups is 2. The van der Waals surface area contributed by atoms with Crippen molar-refractivity contribution >= 4 is 17.5 Å². The van der Waals surface area contributed by atoms with E-state index in [1.54, 1.807) is 24.3 Å².